The minimum Gasteiger partial charge on any atom is -0.114 e. The molecular weight excluding hydrogens is 380 g/mol. The Bertz CT molecular complexity index is 1640. The molecule has 0 amide bonds. The summed E-state index contributed by atoms with van der Waals surface area (Å²) in [4.78, 5) is 13.7. The first-order valence-electron chi connectivity index (χ1n) is 10.3. The van der Waals surface area contributed by atoms with Crippen LogP contribution >= 0.6 is 0 Å². The summed E-state index contributed by atoms with van der Waals surface area (Å²) in [7, 11) is 0. The molecule has 0 heterocycles. The summed E-state index contributed by atoms with van der Waals surface area (Å²) in [6, 6.07) is 36.9. The zero-order valence-electron chi connectivity index (χ0n) is 16.7. The number of hydrogen-bond acceptors (Lipinski definition) is 1. The van der Waals surface area contributed by atoms with Crippen molar-refractivity contribution in [3.8, 4) is 0 Å². The van der Waals surface area contributed by atoms with Gasteiger partial charge in [-0.2, -0.15) is 0 Å². The smallest absolute Gasteiger partial charge is 0.114 e. The third-order valence-corrected chi connectivity index (χ3v) is 5.94. The van der Waals surface area contributed by atoms with Crippen LogP contribution in [0.4, 0.5) is 11.4 Å². The minimum atomic E-state index is 0.571. The highest BCUT2D eigenvalue weighted by molar-refractivity contribution is 6.09. The van der Waals surface area contributed by atoms with Gasteiger partial charge in [-0.1, -0.05) is 78.9 Å². The Morgan fingerprint density at radius 1 is 0.484 bits per heavy atom. The number of nitrogens with zero attached hydrogens (tertiary/aromatic N) is 1. The monoisotopic (exact) mass is 399 g/mol. The first-order chi connectivity index (χ1) is 15.3. The summed E-state index contributed by atoms with van der Waals surface area (Å²) >= 11 is 0. The molecular formula is C28H19N2O+. The van der Waals surface area contributed by atoms with Crippen LogP contribution in [0.5, 0.6) is 0 Å². The van der Waals surface area contributed by atoms with Gasteiger partial charge in [-0.05, 0) is 61.3 Å². The Morgan fingerprint density at radius 2 is 1.00 bits per heavy atom. The van der Waals surface area contributed by atoms with E-state index in [-0.39, 0.29) is 0 Å². The van der Waals surface area contributed by atoms with Crippen molar-refractivity contribution in [1.29, 1.82) is 0 Å². The van der Waals surface area contributed by atoms with Gasteiger partial charge in [0.05, 0.1) is 4.91 Å². The summed E-state index contributed by atoms with van der Waals surface area (Å²) in [6.45, 7) is 0. The summed E-state index contributed by atoms with van der Waals surface area (Å²) in [5.41, 5.74) is 4.31. The summed E-state index contributed by atoms with van der Waals surface area (Å²) < 4.78 is 0. The van der Waals surface area contributed by atoms with E-state index in [1.54, 1.807) is 0 Å². The van der Waals surface area contributed by atoms with Crippen molar-refractivity contribution in [2.24, 2.45) is 0 Å². The Morgan fingerprint density at radius 3 is 1.68 bits per heavy atom. The van der Waals surface area contributed by atoms with E-state index < -0.39 is 0 Å². The Kier molecular flexibility index (Phi) is 3.93. The maximum atomic E-state index is 12.9. The van der Waals surface area contributed by atoms with E-state index in [1.807, 2.05) is 48.5 Å². The number of anilines is 1. The second-order valence-electron chi connectivity index (χ2n) is 7.82. The van der Waals surface area contributed by atoms with E-state index in [4.69, 9.17) is 0 Å². The third kappa shape index (κ3) is 2.99. The molecule has 31 heavy (non-hydrogen) atoms. The van der Waals surface area contributed by atoms with Gasteiger partial charge >= 0.3 is 0 Å². The van der Waals surface area contributed by atoms with E-state index in [0.29, 0.717) is 5.69 Å². The van der Waals surface area contributed by atoms with E-state index in [0.717, 1.165) is 26.7 Å². The first-order valence-corrected chi connectivity index (χ1v) is 10.3. The van der Waals surface area contributed by atoms with Crippen molar-refractivity contribution in [3.05, 3.63) is 114 Å². The molecule has 1 N–H and O–H groups in total. The van der Waals surface area contributed by atoms with Gasteiger partial charge in [0.25, 0.3) is 5.69 Å². The van der Waals surface area contributed by atoms with Crippen molar-refractivity contribution in [2.75, 3.05) is 5.43 Å². The van der Waals surface area contributed by atoms with E-state index in [9.17, 15) is 4.91 Å². The maximum absolute atomic E-state index is 12.9. The summed E-state index contributed by atoms with van der Waals surface area (Å²) in [6.07, 6.45) is 0. The van der Waals surface area contributed by atoms with Gasteiger partial charge in [-0.25, -0.2) is 0 Å². The normalized spacial score (nSPS) is 11.4. The second-order valence-corrected chi connectivity index (χ2v) is 7.82. The molecule has 0 unspecified atom stereocenters. The highest BCUT2D eigenvalue weighted by Crippen LogP contribution is 2.30. The molecule has 0 spiro atoms. The molecule has 0 saturated heterocycles. The average Bonchev–Trinajstić information content (AvgIpc) is 2.83. The molecule has 0 aromatic heterocycles. The quantitative estimate of drug-likeness (QED) is 0.187. The number of nitroso groups, excluding NO2 is 1. The highest BCUT2D eigenvalue weighted by Gasteiger charge is 2.16. The lowest BCUT2D eigenvalue weighted by Crippen LogP contribution is -2.10. The van der Waals surface area contributed by atoms with E-state index in [1.165, 1.54) is 26.9 Å². The van der Waals surface area contributed by atoms with Gasteiger partial charge in [0.1, 0.15) is 5.69 Å². The van der Waals surface area contributed by atoms with Crippen molar-refractivity contribution in [3.63, 3.8) is 0 Å². The molecule has 6 aromatic carbocycles. The molecule has 0 radical (unpaired) electrons. The van der Waals surface area contributed by atoms with Crippen LogP contribution < -0.4 is 5.43 Å². The Hall–Kier alpha value is -4.24. The molecule has 0 bridgehead atoms. The fraction of sp³-hybridized carbons (Fsp3) is 0. The lowest BCUT2D eigenvalue weighted by atomic mass is 10.0. The van der Waals surface area contributed by atoms with Gasteiger partial charge in [-0.3, -0.25) is 0 Å². The molecule has 146 valence electrons. The van der Waals surface area contributed by atoms with Crippen molar-refractivity contribution < 1.29 is 4.87 Å². The zero-order chi connectivity index (χ0) is 20.8. The number of hydrazine groups is 1. The first kappa shape index (κ1) is 17.6. The average molecular weight is 399 g/mol. The van der Waals surface area contributed by atoms with Crippen LogP contribution in [0.1, 0.15) is 0 Å². The molecule has 0 saturated carbocycles. The fourth-order valence-corrected chi connectivity index (χ4v) is 4.39. The molecule has 0 fully saturated rings. The molecule has 0 aliphatic rings. The molecule has 6 rings (SSSR count). The summed E-state index contributed by atoms with van der Waals surface area (Å²) in [5, 5.41) is 9.29. The largest absolute Gasteiger partial charge is 0.292 e. The Labute approximate surface area is 179 Å². The standard InChI is InChI=1S/C28H19N2O/c31-30(24-14-16-28-22(18-24)12-10-20-6-2-4-8-26(20)28)29-23-13-15-27-21(17-23)11-9-19-5-1-3-7-25(19)27/h1-18H,(H,29,31)/q+1. The van der Waals surface area contributed by atoms with Crippen molar-refractivity contribution >= 4 is 54.5 Å². The minimum absolute atomic E-state index is 0.571. The number of fused-ring (bicyclic) bond motifs is 6. The number of nitrogens with one attached hydrogen (secondary N) is 1. The van der Waals surface area contributed by atoms with Crippen LogP contribution in [-0.2, 0) is 0 Å². The van der Waals surface area contributed by atoms with Crippen molar-refractivity contribution in [2.45, 2.75) is 0 Å². The molecule has 3 nitrogen and oxygen atoms in total. The number of hydrogen-bond donors (Lipinski definition) is 1. The zero-order valence-corrected chi connectivity index (χ0v) is 16.7. The number of rotatable bonds is 3. The van der Waals surface area contributed by atoms with E-state index in [2.05, 4.69) is 66.1 Å². The van der Waals surface area contributed by atoms with Crippen LogP contribution in [0.2, 0.25) is 0 Å². The lowest BCUT2D eigenvalue weighted by molar-refractivity contribution is -0.427. The fourth-order valence-electron chi connectivity index (χ4n) is 4.39. The lowest BCUT2D eigenvalue weighted by Gasteiger charge is -2.06. The van der Waals surface area contributed by atoms with Gasteiger partial charge in [0.15, 0.2) is 4.87 Å². The molecule has 0 aliphatic heterocycles. The predicted molar refractivity (Wildman–Crippen MR) is 130 cm³/mol. The summed E-state index contributed by atoms with van der Waals surface area (Å²) in [5.74, 6) is 0. The van der Waals surface area contributed by atoms with Crippen LogP contribution in [0, 0.1) is 4.91 Å². The van der Waals surface area contributed by atoms with E-state index >= 15 is 0 Å². The van der Waals surface area contributed by atoms with Gasteiger partial charge < -0.3 is 0 Å². The van der Waals surface area contributed by atoms with Gasteiger partial charge in [0.2, 0.25) is 0 Å². The van der Waals surface area contributed by atoms with Crippen LogP contribution in [0.3, 0.4) is 0 Å². The second kappa shape index (κ2) is 6.92. The third-order valence-electron chi connectivity index (χ3n) is 5.94. The molecule has 3 heteroatoms. The molecule has 0 atom stereocenters. The van der Waals surface area contributed by atoms with Crippen LogP contribution in [0.15, 0.2) is 109 Å². The van der Waals surface area contributed by atoms with Crippen molar-refractivity contribution in [1.82, 2.24) is 0 Å². The topological polar surface area (TPSA) is 32.1 Å². The maximum Gasteiger partial charge on any atom is 0.292 e. The highest BCUT2D eigenvalue weighted by atomic mass is 16.3. The molecule has 0 aliphatic carbocycles. The van der Waals surface area contributed by atoms with Crippen LogP contribution in [0.25, 0.3) is 43.1 Å². The number of benzene rings is 6. The predicted octanol–water partition coefficient (Wildman–Crippen LogP) is 7.74. The molecule has 6 aromatic rings. The SMILES string of the molecule is O=[N+](Nc1ccc2c(ccc3ccccc32)c1)c1ccc2c(ccc3ccccc32)c1. The Balaban J connectivity index is 1.35. The van der Waals surface area contributed by atoms with Gasteiger partial charge in [0, 0.05) is 12.1 Å². The van der Waals surface area contributed by atoms with Crippen LogP contribution in [-0.4, -0.2) is 4.87 Å². The van der Waals surface area contributed by atoms with Gasteiger partial charge in [-0.15, -0.1) is 5.43 Å².